The second-order valence-corrected chi connectivity index (χ2v) is 4.69. The Morgan fingerprint density at radius 3 is 2.48 bits per heavy atom. The first kappa shape index (κ1) is 17.2. The molecule has 7 nitrogen and oxygen atoms in total. The van der Waals surface area contributed by atoms with Gasteiger partial charge in [-0.15, -0.1) is 0 Å². The number of nitrogens with one attached hydrogen (secondary N) is 3. The Morgan fingerprint density at radius 1 is 1.24 bits per heavy atom. The Kier molecular flexibility index (Phi) is 7.49. The van der Waals surface area contributed by atoms with Crippen LogP contribution in [0.25, 0.3) is 0 Å². The zero-order chi connectivity index (χ0) is 15.7. The molecule has 0 radical (unpaired) electrons. The highest BCUT2D eigenvalue weighted by molar-refractivity contribution is 5.84. The number of carbonyl (C=O) groups excluding carboxylic acids is 2. The van der Waals surface area contributed by atoms with Crippen molar-refractivity contribution < 1.29 is 18.7 Å². The molecule has 1 rings (SSSR count). The van der Waals surface area contributed by atoms with Gasteiger partial charge in [0.15, 0.2) is 0 Å². The van der Waals surface area contributed by atoms with Gasteiger partial charge in [0.1, 0.15) is 5.76 Å². The van der Waals surface area contributed by atoms with E-state index in [9.17, 15) is 9.59 Å². The second-order valence-electron chi connectivity index (χ2n) is 4.69. The van der Waals surface area contributed by atoms with Crippen molar-refractivity contribution in [2.24, 2.45) is 0 Å². The molecule has 1 heterocycles. The molecule has 21 heavy (non-hydrogen) atoms. The van der Waals surface area contributed by atoms with Gasteiger partial charge < -0.3 is 19.8 Å². The van der Waals surface area contributed by atoms with Crippen LogP contribution >= 0.6 is 0 Å². The second kappa shape index (κ2) is 9.15. The first-order valence-corrected chi connectivity index (χ1v) is 6.87. The minimum atomic E-state index is -0.483. The van der Waals surface area contributed by atoms with Crippen molar-refractivity contribution in [1.82, 2.24) is 16.0 Å². The van der Waals surface area contributed by atoms with Gasteiger partial charge in [0.25, 0.3) is 0 Å². The van der Waals surface area contributed by atoms with E-state index in [0.717, 1.165) is 0 Å². The largest absolute Gasteiger partial charge is 0.467 e. The van der Waals surface area contributed by atoms with E-state index < -0.39 is 12.1 Å². The highest BCUT2D eigenvalue weighted by atomic mass is 16.5. The molecular weight excluding hydrogens is 274 g/mol. The summed E-state index contributed by atoms with van der Waals surface area (Å²) in [6.07, 6.45) is 1.55. The average Bonchev–Trinajstić information content (AvgIpc) is 2.97. The number of methoxy groups -OCH3 is 1. The number of amides is 2. The average molecular weight is 297 g/mol. The maximum absolute atomic E-state index is 11.9. The summed E-state index contributed by atoms with van der Waals surface area (Å²) in [4.78, 5) is 23.6. The van der Waals surface area contributed by atoms with Crippen LogP contribution in [0.3, 0.4) is 0 Å². The predicted molar refractivity (Wildman–Crippen MR) is 77.5 cm³/mol. The highest BCUT2D eigenvalue weighted by Gasteiger charge is 2.19. The summed E-state index contributed by atoms with van der Waals surface area (Å²) in [6.45, 7) is 4.64. The molecule has 0 bridgehead atoms. The van der Waals surface area contributed by atoms with Crippen molar-refractivity contribution in [2.45, 2.75) is 32.5 Å². The molecule has 0 fully saturated rings. The summed E-state index contributed by atoms with van der Waals surface area (Å²) in [6, 6.07) is 2.59. The first-order chi connectivity index (χ1) is 10.0. The lowest BCUT2D eigenvalue weighted by atomic mass is 10.2. The lowest BCUT2D eigenvalue weighted by molar-refractivity contribution is -0.125. The van der Waals surface area contributed by atoms with Gasteiger partial charge >= 0.3 is 0 Å². The van der Waals surface area contributed by atoms with E-state index in [1.54, 1.807) is 39.4 Å². The van der Waals surface area contributed by atoms with Crippen molar-refractivity contribution in [1.29, 1.82) is 0 Å². The van der Waals surface area contributed by atoms with Crippen LogP contribution in [0.5, 0.6) is 0 Å². The van der Waals surface area contributed by atoms with E-state index in [-0.39, 0.29) is 11.8 Å². The maximum atomic E-state index is 11.9. The van der Waals surface area contributed by atoms with Crippen LogP contribution in [-0.4, -0.2) is 44.2 Å². The summed E-state index contributed by atoms with van der Waals surface area (Å²) >= 11 is 0. The van der Waals surface area contributed by atoms with E-state index in [1.807, 2.05) is 0 Å². The minimum absolute atomic E-state index is 0.169. The van der Waals surface area contributed by atoms with Crippen LogP contribution in [0.4, 0.5) is 0 Å². The molecule has 0 aliphatic carbocycles. The number of hydrogen-bond acceptors (Lipinski definition) is 5. The molecular formula is C14H23N3O4. The quantitative estimate of drug-likeness (QED) is 0.559. The fourth-order valence-electron chi connectivity index (χ4n) is 1.70. The topological polar surface area (TPSA) is 92.6 Å². The van der Waals surface area contributed by atoms with E-state index in [4.69, 9.17) is 9.15 Å². The molecule has 0 aromatic carbocycles. The number of rotatable bonds is 9. The standard InChI is InChI=1S/C14H23N3O4/c1-10(13(18)15-6-8-20-3)17-11(2)14(19)16-9-12-5-4-7-21-12/h4-5,7,10-11,17H,6,8-9H2,1-3H3,(H,15,18)(H,16,19). The Balaban J connectivity index is 2.28. The molecule has 1 aromatic rings. The smallest absolute Gasteiger partial charge is 0.237 e. The van der Waals surface area contributed by atoms with Crippen LogP contribution in [0.2, 0.25) is 0 Å². The van der Waals surface area contributed by atoms with Gasteiger partial charge in [-0.2, -0.15) is 0 Å². The van der Waals surface area contributed by atoms with Gasteiger partial charge in [-0.1, -0.05) is 0 Å². The highest BCUT2D eigenvalue weighted by Crippen LogP contribution is 1.99. The molecule has 0 spiro atoms. The molecule has 0 aliphatic heterocycles. The third-order valence-corrected chi connectivity index (χ3v) is 2.91. The molecule has 1 aromatic heterocycles. The third-order valence-electron chi connectivity index (χ3n) is 2.91. The van der Waals surface area contributed by atoms with Crippen LogP contribution in [0, 0.1) is 0 Å². The van der Waals surface area contributed by atoms with Gasteiger partial charge in [-0.3, -0.25) is 14.9 Å². The van der Waals surface area contributed by atoms with Crippen LogP contribution in [0.15, 0.2) is 22.8 Å². The molecule has 118 valence electrons. The van der Waals surface area contributed by atoms with Gasteiger partial charge in [0, 0.05) is 13.7 Å². The monoisotopic (exact) mass is 297 g/mol. The van der Waals surface area contributed by atoms with Crippen molar-refractivity contribution in [3.05, 3.63) is 24.2 Å². The first-order valence-electron chi connectivity index (χ1n) is 6.87. The van der Waals surface area contributed by atoms with Gasteiger partial charge in [-0.25, -0.2) is 0 Å². The molecule has 2 atom stereocenters. The molecule has 0 saturated heterocycles. The zero-order valence-electron chi connectivity index (χ0n) is 12.6. The molecule has 0 aliphatic rings. The van der Waals surface area contributed by atoms with Crippen molar-refractivity contribution in [2.75, 3.05) is 20.3 Å². The Bertz CT molecular complexity index is 433. The number of ether oxygens (including phenoxy) is 1. The summed E-state index contributed by atoms with van der Waals surface area (Å²) in [5, 5.41) is 8.38. The summed E-state index contributed by atoms with van der Waals surface area (Å²) in [5.74, 6) is 0.321. The zero-order valence-corrected chi connectivity index (χ0v) is 12.6. The normalized spacial score (nSPS) is 13.5. The van der Waals surface area contributed by atoms with Crippen LogP contribution in [0.1, 0.15) is 19.6 Å². The van der Waals surface area contributed by atoms with E-state index in [1.165, 1.54) is 0 Å². The minimum Gasteiger partial charge on any atom is -0.467 e. The number of furan rings is 1. The van der Waals surface area contributed by atoms with Crippen molar-refractivity contribution in [3.63, 3.8) is 0 Å². The summed E-state index contributed by atoms with van der Waals surface area (Å²) in [5.41, 5.74) is 0. The predicted octanol–water partition coefficient (Wildman–Crippen LogP) is 0.0250. The summed E-state index contributed by atoms with van der Waals surface area (Å²) in [7, 11) is 1.57. The Morgan fingerprint density at radius 2 is 1.90 bits per heavy atom. The third kappa shape index (κ3) is 6.42. The Hall–Kier alpha value is -1.86. The molecule has 3 N–H and O–H groups in total. The van der Waals surface area contributed by atoms with E-state index >= 15 is 0 Å². The fourth-order valence-corrected chi connectivity index (χ4v) is 1.70. The fraction of sp³-hybridized carbons (Fsp3) is 0.571. The molecule has 0 saturated carbocycles. The SMILES string of the molecule is COCCNC(=O)C(C)NC(C)C(=O)NCc1ccco1. The lowest BCUT2D eigenvalue weighted by Gasteiger charge is -2.19. The molecule has 7 heteroatoms. The van der Waals surface area contributed by atoms with Gasteiger partial charge in [0.05, 0.1) is 31.5 Å². The van der Waals surface area contributed by atoms with Crippen LogP contribution in [-0.2, 0) is 20.9 Å². The van der Waals surface area contributed by atoms with Crippen molar-refractivity contribution in [3.8, 4) is 0 Å². The molecule has 2 amide bonds. The van der Waals surface area contributed by atoms with Crippen molar-refractivity contribution >= 4 is 11.8 Å². The molecule has 2 unspecified atom stereocenters. The summed E-state index contributed by atoms with van der Waals surface area (Å²) < 4.78 is 9.98. The van der Waals surface area contributed by atoms with Gasteiger partial charge in [-0.05, 0) is 26.0 Å². The van der Waals surface area contributed by atoms with E-state index in [2.05, 4.69) is 16.0 Å². The Labute approximate surface area is 124 Å². The number of carbonyl (C=O) groups is 2. The van der Waals surface area contributed by atoms with Crippen LogP contribution < -0.4 is 16.0 Å². The van der Waals surface area contributed by atoms with E-state index in [0.29, 0.717) is 25.5 Å². The van der Waals surface area contributed by atoms with Gasteiger partial charge in [0.2, 0.25) is 11.8 Å². The lowest BCUT2D eigenvalue weighted by Crippen LogP contribution is -2.51. The number of hydrogen-bond donors (Lipinski definition) is 3. The maximum Gasteiger partial charge on any atom is 0.237 e.